The Morgan fingerprint density at radius 3 is 2.69 bits per heavy atom. The predicted octanol–water partition coefficient (Wildman–Crippen LogP) is 3.43. The van der Waals surface area contributed by atoms with Crippen molar-refractivity contribution in [3.63, 3.8) is 0 Å². The van der Waals surface area contributed by atoms with Crippen molar-refractivity contribution in [2.24, 2.45) is 0 Å². The lowest BCUT2D eigenvalue weighted by Crippen LogP contribution is -2.58. The zero-order chi connectivity index (χ0) is 18.7. The number of carbonyl (C=O) groups is 1. The van der Waals surface area contributed by atoms with E-state index in [-0.39, 0.29) is 23.8 Å². The first kappa shape index (κ1) is 19.0. The zero-order valence-corrected chi connectivity index (χ0v) is 16.6. The summed E-state index contributed by atoms with van der Waals surface area (Å²) in [5.74, 6) is 0. The van der Waals surface area contributed by atoms with Crippen molar-refractivity contribution in [1.29, 1.82) is 0 Å². The first-order valence-electron chi connectivity index (χ1n) is 9.93. The third-order valence-electron chi connectivity index (χ3n) is 5.36. The summed E-state index contributed by atoms with van der Waals surface area (Å²) in [7, 11) is 0. The maximum absolute atomic E-state index is 12.7. The Morgan fingerprint density at radius 1 is 1.31 bits per heavy atom. The number of hydrogen-bond acceptors (Lipinski definition) is 3. The van der Waals surface area contributed by atoms with E-state index >= 15 is 0 Å². The molecule has 3 rings (SSSR count). The SMILES string of the molecule is CCc1cccc(N2CCC(NC(=O)N3C[C@@H](C)OC(C)(C)C3)CC2)c1. The highest BCUT2D eigenvalue weighted by Gasteiger charge is 2.34. The molecule has 26 heavy (non-hydrogen) atoms. The molecule has 144 valence electrons. The van der Waals surface area contributed by atoms with Gasteiger partial charge in [0.15, 0.2) is 0 Å². The van der Waals surface area contributed by atoms with Crippen molar-refractivity contribution < 1.29 is 9.53 Å². The Hall–Kier alpha value is -1.75. The molecule has 0 bridgehead atoms. The molecule has 0 radical (unpaired) electrons. The number of anilines is 1. The van der Waals surface area contributed by atoms with Crippen LogP contribution in [-0.4, -0.2) is 54.9 Å². The molecule has 1 N–H and O–H groups in total. The van der Waals surface area contributed by atoms with E-state index in [0.717, 1.165) is 32.4 Å². The zero-order valence-electron chi connectivity index (χ0n) is 16.6. The second kappa shape index (κ2) is 7.87. The highest BCUT2D eigenvalue weighted by Crippen LogP contribution is 2.23. The molecule has 1 aromatic rings. The van der Waals surface area contributed by atoms with Gasteiger partial charge in [0.1, 0.15) is 0 Å². The van der Waals surface area contributed by atoms with Crippen molar-refractivity contribution >= 4 is 11.7 Å². The van der Waals surface area contributed by atoms with Crippen LogP contribution in [0, 0.1) is 0 Å². The van der Waals surface area contributed by atoms with Gasteiger partial charge in [0.05, 0.1) is 18.2 Å². The van der Waals surface area contributed by atoms with Crippen molar-refractivity contribution in [2.45, 2.75) is 64.7 Å². The molecule has 2 aliphatic rings. The third-order valence-corrected chi connectivity index (χ3v) is 5.36. The molecule has 0 spiro atoms. The molecule has 0 aromatic heterocycles. The van der Waals surface area contributed by atoms with Gasteiger partial charge in [-0.25, -0.2) is 4.79 Å². The van der Waals surface area contributed by atoms with Crippen LogP contribution in [0.4, 0.5) is 10.5 Å². The lowest BCUT2D eigenvalue weighted by molar-refractivity contribution is -0.117. The van der Waals surface area contributed by atoms with Crippen LogP contribution in [0.2, 0.25) is 0 Å². The molecule has 5 nitrogen and oxygen atoms in total. The number of benzene rings is 1. The molecular weight excluding hydrogens is 326 g/mol. The first-order chi connectivity index (χ1) is 12.4. The van der Waals surface area contributed by atoms with E-state index in [1.54, 1.807) is 0 Å². The Balaban J connectivity index is 1.51. The Labute approximate surface area is 157 Å². The summed E-state index contributed by atoms with van der Waals surface area (Å²) in [5, 5.41) is 3.25. The molecule has 2 aliphatic heterocycles. The quantitative estimate of drug-likeness (QED) is 0.899. The van der Waals surface area contributed by atoms with Crippen LogP contribution in [0.1, 0.15) is 46.1 Å². The number of ether oxygens (including phenoxy) is 1. The normalized spacial score (nSPS) is 23.8. The number of aryl methyl sites for hydroxylation is 1. The number of morpholine rings is 1. The summed E-state index contributed by atoms with van der Waals surface area (Å²) in [4.78, 5) is 17.0. The molecule has 2 saturated heterocycles. The number of carbonyl (C=O) groups excluding carboxylic acids is 1. The maximum Gasteiger partial charge on any atom is 0.317 e. The van der Waals surface area contributed by atoms with E-state index in [4.69, 9.17) is 4.74 Å². The number of amides is 2. The minimum atomic E-state index is -0.275. The lowest BCUT2D eigenvalue weighted by Gasteiger charge is -2.42. The lowest BCUT2D eigenvalue weighted by atomic mass is 10.0. The number of hydrogen-bond donors (Lipinski definition) is 1. The van der Waals surface area contributed by atoms with E-state index in [2.05, 4.69) is 41.4 Å². The summed E-state index contributed by atoms with van der Waals surface area (Å²) in [5.41, 5.74) is 2.41. The Bertz CT molecular complexity index is 623. The van der Waals surface area contributed by atoms with E-state index in [1.807, 2.05) is 25.7 Å². The summed E-state index contributed by atoms with van der Waals surface area (Å²) < 4.78 is 5.90. The number of nitrogens with zero attached hydrogens (tertiary/aromatic N) is 2. The number of rotatable bonds is 3. The highest BCUT2D eigenvalue weighted by molar-refractivity contribution is 5.74. The Morgan fingerprint density at radius 2 is 2.04 bits per heavy atom. The van der Waals surface area contributed by atoms with Gasteiger partial charge in [-0.05, 0) is 57.7 Å². The standard InChI is InChI=1S/C21H33N3O2/c1-5-17-7-6-8-19(13-17)23-11-9-18(10-12-23)22-20(25)24-14-16(2)26-21(3,4)15-24/h6-8,13,16,18H,5,9-12,14-15H2,1-4H3,(H,22,25)/t16-/m1/s1. The van der Waals surface area contributed by atoms with Gasteiger partial charge in [-0.1, -0.05) is 19.1 Å². The molecule has 5 heteroatoms. The van der Waals surface area contributed by atoms with Crippen LogP contribution in [0.25, 0.3) is 0 Å². The minimum absolute atomic E-state index is 0.0552. The summed E-state index contributed by atoms with van der Waals surface area (Å²) in [6.45, 7) is 11.6. The molecular formula is C21H33N3O2. The van der Waals surface area contributed by atoms with E-state index in [0.29, 0.717) is 13.1 Å². The van der Waals surface area contributed by atoms with Crippen molar-refractivity contribution in [3.05, 3.63) is 29.8 Å². The minimum Gasteiger partial charge on any atom is -0.371 e. The molecule has 1 aromatic carbocycles. The number of piperidine rings is 1. The van der Waals surface area contributed by atoms with Crippen molar-refractivity contribution in [2.75, 3.05) is 31.1 Å². The second-order valence-corrected chi connectivity index (χ2v) is 8.30. The van der Waals surface area contributed by atoms with Gasteiger partial charge in [0.25, 0.3) is 0 Å². The van der Waals surface area contributed by atoms with Gasteiger partial charge < -0.3 is 19.9 Å². The van der Waals surface area contributed by atoms with Crippen LogP contribution in [-0.2, 0) is 11.2 Å². The van der Waals surface area contributed by atoms with Crippen LogP contribution >= 0.6 is 0 Å². The summed E-state index contributed by atoms with van der Waals surface area (Å²) in [6.07, 6.45) is 3.13. The van der Waals surface area contributed by atoms with Gasteiger partial charge >= 0.3 is 6.03 Å². The molecule has 0 saturated carbocycles. The second-order valence-electron chi connectivity index (χ2n) is 8.30. The molecule has 0 unspecified atom stereocenters. The van der Waals surface area contributed by atoms with E-state index in [1.165, 1.54) is 11.3 Å². The Kier molecular flexibility index (Phi) is 5.76. The molecule has 2 fully saturated rings. The van der Waals surface area contributed by atoms with Gasteiger partial charge in [-0.15, -0.1) is 0 Å². The summed E-state index contributed by atoms with van der Waals surface area (Å²) >= 11 is 0. The monoisotopic (exact) mass is 359 g/mol. The first-order valence-corrected chi connectivity index (χ1v) is 9.93. The summed E-state index contributed by atoms with van der Waals surface area (Å²) in [6, 6.07) is 9.12. The fourth-order valence-corrected chi connectivity index (χ4v) is 4.13. The molecule has 2 amide bonds. The van der Waals surface area contributed by atoms with E-state index < -0.39 is 0 Å². The van der Waals surface area contributed by atoms with Gasteiger partial charge in [0, 0.05) is 31.4 Å². The van der Waals surface area contributed by atoms with Gasteiger partial charge in [-0.2, -0.15) is 0 Å². The van der Waals surface area contributed by atoms with E-state index in [9.17, 15) is 4.79 Å². The van der Waals surface area contributed by atoms with Crippen LogP contribution in [0.5, 0.6) is 0 Å². The maximum atomic E-state index is 12.7. The average molecular weight is 360 g/mol. The van der Waals surface area contributed by atoms with Crippen LogP contribution < -0.4 is 10.2 Å². The van der Waals surface area contributed by atoms with Crippen molar-refractivity contribution in [3.8, 4) is 0 Å². The van der Waals surface area contributed by atoms with Crippen LogP contribution in [0.3, 0.4) is 0 Å². The van der Waals surface area contributed by atoms with Crippen molar-refractivity contribution in [1.82, 2.24) is 10.2 Å². The van der Waals surface area contributed by atoms with Gasteiger partial charge in [-0.3, -0.25) is 0 Å². The third kappa shape index (κ3) is 4.70. The topological polar surface area (TPSA) is 44.8 Å². The average Bonchev–Trinajstić information content (AvgIpc) is 2.60. The largest absolute Gasteiger partial charge is 0.371 e. The fraction of sp³-hybridized carbons (Fsp3) is 0.667. The number of urea groups is 1. The molecule has 2 heterocycles. The predicted molar refractivity (Wildman–Crippen MR) is 106 cm³/mol. The van der Waals surface area contributed by atoms with Gasteiger partial charge in [0.2, 0.25) is 0 Å². The fourth-order valence-electron chi connectivity index (χ4n) is 4.13. The molecule has 1 atom stereocenters. The smallest absolute Gasteiger partial charge is 0.317 e. The molecule has 0 aliphatic carbocycles. The van der Waals surface area contributed by atoms with Crippen LogP contribution in [0.15, 0.2) is 24.3 Å². The highest BCUT2D eigenvalue weighted by atomic mass is 16.5. The number of nitrogens with one attached hydrogen (secondary N) is 1.